The third kappa shape index (κ3) is 6.33. The number of non-ortho nitro benzene ring substituents is 1. The molecule has 0 atom stereocenters. The number of nitrogens with one attached hydrogen (secondary N) is 2. The number of hydrogen-bond donors (Lipinski definition) is 3. The van der Waals surface area contributed by atoms with E-state index in [1.807, 2.05) is 0 Å². The zero-order valence-corrected chi connectivity index (χ0v) is 13.2. The van der Waals surface area contributed by atoms with E-state index in [9.17, 15) is 19.7 Å². The summed E-state index contributed by atoms with van der Waals surface area (Å²) in [4.78, 5) is 32.6. The number of amides is 1. The van der Waals surface area contributed by atoms with Gasteiger partial charge in [-0.25, -0.2) is 0 Å². The molecule has 1 aromatic carbocycles. The molecule has 126 valence electrons. The maximum Gasteiger partial charge on any atom is 0.310 e. The highest BCUT2D eigenvalue weighted by Gasteiger charge is 2.27. The number of hydrogen-bond acceptors (Lipinski definition) is 5. The lowest BCUT2D eigenvalue weighted by molar-refractivity contribution is -0.384. The van der Waals surface area contributed by atoms with Crippen molar-refractivity contribution in [3.05, 3.63) is 34.4 Å². The van der Waals surface area contributed by atoms with Gasteiger partial charge in [-0.2, -0.15) is 0 Å². The van der Waals surface area contributed by atoms with Crippen molar-refractivity contribution in [1.29, 1.82) is 0 Å². The van der Waals surface area contributed by atoms with E-state index in [1.165, 1.54) is 12.1 Å². The monoisotopic (exact) mass is 323 g/mol. The Hall–Kier alpha value is -2.64. The molecule has 1 rings (SSSR count). The summed E-state index contributed by atoms with van der Waals surface area (Å²) in [6.45, 7) is 3.71. The lowest BCUT2D eigenvalue weighted by atomic mass is 9.94. The fourth-order valence-electron chi connectivity index (χ4n) is 1.67. The van der Waals surface area contributed by atoms with Crippen LogP contribution in [0.25, 0.3) is 0 Å². The molecule has 0 saturated carbocycles. The molecule has 0 aliphatic carbocycles. The molecule has 0 fully saturated rings. The normalized spacial score (nSPS) is 10.9. The summed E-state index contributed by atoms with van der Waals surface area (Å²) in [5.41, 5.74) is -0.230. The van der Waals surface area contributed by atoms with E-state index in [1.54, 1.807) is 26.0 Å². The number of nitro benzene ring substituents is 1. The predicted octanol–water partition coefficient (Wildman–Crippen LogP) is 2.01. The first-order chi connectivity index (χ1) is 10.7. The van der Waals surface area contributed by atoms with Crippen LogP contribution in [0.1, 0.15) is 26.7 Å². The molecule has 0 aliphatic rings. The molecule has 0 heterocycles. The van der Waals surface area contributed by atoms with E-state index in [0.717, 1.165) is 5.69 Å². The third-order valence-corrected chi connectivity index (χ3v) is 3.29. The van der Waals surface area contributed by atoms with Crippen molar-refractivity contribution in [2.75, 3.05) is 18.4 Å². The number of benzene rings is 1. The molecule has 0 saturated heterocycles. The number of carbonyl (C=O) groups is 2. The van der Waals surface area contributed by atoms with Gasteiger partial charge in [0.1, 0.15) is 0 Å². The van der Waals surface area contributed by atoms with Crippen molar-refractivity contribution in [3.63, 3.8) is 0 Å². The molecule has 8 nitrogen and oxygen atoms in total. The van der Waals surface area contributed by atoms with Crippen LogP contribution < -0.4 is 10.6 Å². The Morgan fingerprint density at radius 2 is 1.87 bits per heavy atom. The van der Waals surface area contributed by atoms with Crippen molar-refractivity contribution in [2.24, 2.45) is 5.41 Å². The first kappa shape index (κ1) is 18.4. The van der Waals surface area contributed by atoms with Crippen LogP contribution in [0.15, 0.2) is 24.3 Å². The van der Waals surface area contributed by atoms with Crippen LogP contribution in [-0.4, -0.2) is 35.0 Å². The minimum Gasteiger partial charge on any atom is -0.481 e. The van der Waals surface area contributed by atoms with Crippen LogP contribution in [0.3, 0.4) is 0 Å². The van der Waals surface area contributed by atoms with Crippen LogP contribution in [0.4, 0.5) is 11.4 Å². The number of carboxylic acids is 1. The summed E-state index contributed by atoms with van der Waals surface area (Å²) in [6, 6.07) is 6.02. The topological polar surface area (TPSA) is 122 Å². The lowest BCUT2D eigenvalue weighted by Crippen LogP contribution is -2.38. The van der Waals surface area contributed by atoms with Crippen LogP contribution in [0.5, 0.6) is 0 Å². The molecule has 3 N–H and O–H groups in total. The van der Waals surface area contributed by atoms with Gasteiger partial charge in [0.2, 0.25) is 5.91 Å². The van der Waals surface area contributed by atoms with Crippen molar-refractivity contribution < 1.29 is 19.6 Å². The predicted molar refractivity (Wildman–Crippen MR) is 85.2 cm³/mol. The van der Waals surface area contributed by atoms with Gasteiger partial charge in [-0.1, -0.05) is 0 Å². The molecule has 0 radical (unpaired) electrons. The fraction of sp³-hybridized carbons (Fsp3) is 0.467. The minimum absolute atomic E-state index is 0.0240. The molecule has 0 aromatic heterocycles. The summed E-state index contributed by atoms with van der Waals surface area (Å²) in [7, 11) is 0. The molecule has 8 heteroatoms. The average molecular weight is 323 g/mol. The summed E-state index contributed by atoms with van der Waals surface area (Å²) >= 11 is 0. The summed E-state index contributed by atoms with van der Waals surface area (Å²) in [5, 5.41) is 25.1. The van der Waals surface area contributed by atoms with E-state index in [0.29, 0.717) is 13.0 Å². The van der Waals surface area contributed by atoms with Crippen molar-refractivity contribution in [1.82, 2.24) is 5.32 Å². The molecule has 0 unspecified atom stereocenters. The number of aliphatic carboxylic acids is 1. The van der Waals surface area contributed by atoms with E-state index in [2.05, 4.69) is 10.6 Å². The number of nitrogens with zero attached hydrogens (tertiary/aromatic N) is 1. The zero-order chi connectivity index (χ0) is 17.5. The highest BCUT2D eigenvalue weighted by molar-refractivity contribution is 5.78. The highest BCUT2D eigenvalue weighted by atomic mass is 16.6. The molecule has 23 heavy (non-hydrogen) atoms. The Bertz CT molecular complexity index is 569. The van der Waals surface area contributed by atoms with Gasteiger partial charge in [-0.05, 0) is 32.4 Å². The molecule has 1 aromatic rings. The van der Waals surface area contributed by atoms with Gasteiger partial charge in [0.25, 0.3) is 5.69 Å². The maximum atomic E-state index is 11.6. The molecular formula is C15H21N3O5. The summed E-state index contributed by atoms with van der Waals surface area (Å²) in [5.74, 6) is -1.16. The average Bonchev–Trinajstić information content (AvgIpc) is 2.50. The van der Waals surface area contributed by atoms with E-state index < -0.39 is 16.3 Å². The van der Waals surface area contributed by atoms with E-state index >= 15 is 0 Å². The van der Waals surface area contributed by atoms with Gasteiger partial charge in [-0.3, -0.25) is 19.7 Å². The Morgan fingerprint density at radius 3 is 2.39 bits per heavy atom. The number of carboxylic acid groups (broad SMARTS) is 1. The van der Waals surface area contributed by atoms with E-state index in [4.69, 9.17) is 5.11 Å². The van der Waals surface area contributed by atoms with Gasteiger partial charge in [0.05, 0.1) is 10.3 Å². The van der Waals surface area contributed by atoms with Crippen LogP contribution in [-0.2, 0) is 9.59 Å². The van der Waals surface area contributed by atoms with Crippen LogP contribution in [0.2, 0.25) is 0 Å². The summed E-state index contributed by atoms with van der Waals surface area (Å²) < 4.78 is 0. The Morgan fingerprint density at radius 1 is 1.26 bits per heavy atom. The second kappa shape index (κ2) is 8.11. The molecular weight excluding hydrogens is 302 g/mol. The fourth-order valence-corrected chi connectivity index (χ4v) is 1.67. The van der Waals surface area contributed by atoms with Crippen LogP contribution >= 0.6 is 0 Å². The first-order valence-electron chi connectivity index (χ1n) is 7.21. The minimum atomic E-state index is -0.993. The Balaban J connectivity index is 2.25. The number of rotatable bonds is 9. The third-order valence-electron chi connectivity index (χ3n) is 3.29. The van der Waals surface area contributed by atoms with Gasteiger partial charge in [0.15, 0.2) is 0 Å². The Labute approximate surface area is 134 Å². The number of carbonyl (C=O) groups excluding carboxylic acids is 1. The highest BCUT2D eigenvalue weighted by Crippen LogP contribution is 2.15. The quantitative estimate of drug-likeness (QED) is 0.363. The van der Waals surface area contributed by atoms with E-state index in [-0.39, 0.29) is 24.6 Å². The van der Waals surface area contributed by atoms with Gasteiger partial charge >= 0.3 is 5.97 Å². The number of nitro groups is 1. The smallest absolute Gasteiger partial charge is 0.310 e. The standard InChI is InChI=1S/C15H21N3O5/c1-15(2,14(20)21)10-17-13(19)4-3-9-16-11-5-7-12(8-6-11)18(22)23/h5-8,16H,3-4,9-10H2,1-2H3,(H,17,19)(H,20,21). The van der Waals surface area contributed by atoms with Crippen molar-refractivity contribution in [2.45, 2.75) is 26.7 Å². The first-order valence-corrected chi connectivity index (χ1v) is 7.21. The largest absolute Gasteiger partial charge is 0.481 e. The van der Waals surface area contributed by atoms with Crippen molar-refractivity contribution >= 4 is 23.3 Å². The van der Waals surface area contributed by atoms with Crippen LogP contribution in [0, 0.1) is 15.5 Å². The maximum absolute atomic E-state index is 11.6. The second-order valence-corrected chi connectivity index (χ2v) is 5.80. The molecule has 0 aliphatic heterocycles. The second-order valence-electron chi connectivity index (χ2n) is 5.80. The zero-order valence-electron chi connectivity index (χ0n) is 13.2. The van der Waals surface area contributed by atoms with Gasteiger partial charge < -0.3 is 15.7 Å². The molecule has 1 amide bonds. The summed E-state index contributed by atoms with van der Waals surface area (Å²) in [6.07, 6.45) is 0.839. The Kier molecular flexibility index (Phi) is 6.49. The number of anilines is 1. The lowest BCUT2D eigenvalue weighted by Gasteiger charge is -2.19. The molecule has 0 bridgehead atoms. The van der Waals surface area contributed by atoms with Crippen molar-refractivity contribution in [3.8, 4) is 0 Å². The van der Waals surface area contributed by atoms with Gasteiger partial charge in [0, 0.05) is 37.3 Å². The molecule has 0 spiro atoms. The SMILES string of the molecule is CC(C)(CNC(=O)CCCNc1ccc([N+](=O)[O-])cc1)C(=O)O. The van der Waals surface area contributed by atoms with Gasteiger partial charge in [-0.15, -0.1) is 0 Å².